The highest BCUT2D eigenvalue weighted by atomic mass is 16.1. The minimum absolute atomic E-state index is 0.0782. The van der Waals surface area contributed by atoms with Crippen molar-refractivity contribution in [1.82, 2.24) is 25.1 Å². The third kappa shape index (κ3) is 4.44. The molecule has 0 unspecified atom stereocenters. The highest BCUT2D eigenvalue weighted by Crippen LogP contribution is 2.19. The first kappa shape index (κ1) is 17.1. The molecule has 1 aliphatic carbocycles. The quantitative estimate of drug-likeness (QED) is 0.797. The van der Waals surface area contributed by atoms with Gasteiger partial charge in [0.05, 0.1) is 30.6 Å². The average molecular weight is 341 g/mol. The van der Waals surface area contributed by atoms with E-state index in [1.54, 1.807) is 10.9 Å². The molecule has 0 saturated heterocycles. The van der Waals surface area contributed by atoms with Gasteiger partial charge in [0, 0.05) is 19.0 Å². The van der Waals surface area contributed by atoms with Gasteiger partial charge < -0.3 is 10.6 Å². The van der Waals surface area contributed by atoms with Gasteiger partial charge in [0.1, 0.15) is 12.1 Å². The second kappa shape index (κ2) is 8.42. The maximum absolute atomic E-state index is 12.1. The van der Waals surface area contributed by atoms with E-state index in [0.29, 0.717) is 43.4 Å². The topological polar surface area (TPSA) is 109 Å². The van der Waals surface area contributed by atoms with Gasteiger partial charge in [-0.25, -0.2) is 14.6 Å². The van der Waals surface area contributed by atoms with Crippen LogP contribution in [-0.2, 0) is 11.3 Å². The summed E-state index contributed by atoms with van der Waals surface area (Å²) in [6.45, 7) is 1.01. The monoisotopic (exact) mass is 341 g/mol. The maximum Gasteiger partial charge on any atom is 0.221 e. The molecule has 3 rings (SSSR count). The van der Waals surface area contributed by atoms with Crippen molar-refractivity contribution in [1.29, 1.82) is 5.26 Å². The predicted molar refractivity (Wildman–Crippen MR) is 93.7 cm³/mol. The lowest BCUT2D eigenvalue weighted by Gasteiger charge is -2.22. The van der Waals surface area contributed by atoms with Gasteiger partial charge in [0.25, 0.3) is 0 Å². The second-order valence-electron chi connectivity index (χ2n) is 6.31. The number of carbonyl (C=O) groups is 1. The molecule has 8 nitrogen and oxygen atoms in total. The number of hydrogen-bond donors (Lipinski definition) is 2. The van der Waals surface area contributed by atoms with E-state index in [4.69, 9.17) is 5.26 Å². The molecule has 1 saturated carbocycles. The molecule has 0 radical (unpaired) electrons. The number of rotatable bonds is 7. The van der Waals surface area contributed by atoms with E-state index >= 15 is 0 Å². The smallest absolute Gasteiger partial charge is 0.221 e. The Morgan fingerprint density at radius 3 is 2.96 bits per heavy atom. The molecule has 2 N–H and O–H groups in total. The highest BCUT2D eigenvalue weighted by molar-refractivity contribution is 5.86. The molecular weight excluding hydrogens is 318 g/mol. The summed E-state index contributed by atoms with van der Waals surface area (Å²) in [5, 5.41) is 20.1. The van der Waals surface area contributed by atoms with Crippen LogP contribution in [0.2, 0.25) is 0 Å². The first-order valence-corrected chi connectivity index (χ1v) is 8.84. The normalized spacial score (nSPS) is 15.0. The van der Waals surface area contributed by atoms with E-state index in [-0.39, 0.29) is 5.91 Å². The molecule has 25 heavy (non-hydrogen) atoms. The van der Waals surface area contributed by atoms with Gasteiger partial charge in [-0.3, -0.25) is 4.79 Å². The van der Waals surface area contributed by atoms with Crippen molar-refractivity contribution in [2.45, 2.75) is 57.5 Å². The summed E-state index contributed by atoms with van der Waals surface area (Å²) < 4.78 is 1.70. The van der Waals surface area contributed by atoms with Crippen molar-refractivity contribution < 1.29 is 4.79 Å². The fourth-order valence-corrected chi connectivity index (χ4v) is 3.19. The van der Waals surface area contributed by atoms with E-state index in [1.165, 1.54) is 25.6 Å². The van der Waals surface area contributed by atoms with Crippen LogP contribution in [-0.4, -0.2) is 38.2 Å². The standard InChI is InChI=1S/C17H23N7O/c18-8-4-10-24-17-14(11-22-24)16(20-12-21-17)19-9-7-15(25)23-13-5-2-1-3-6-13/h11-13H,1-7,9-10H2,(H,23,25)(H,19,20,21). The number of nitrogens with one attached hydrogen (secondary N) is 2. The molecular formula is C17H23N7O. The molecule has 0 aromatic carbocycles. The first-order chi connectivity index (χ1) is 12.3. The Morgan fingerprint density at radius 2 is 2.16 bits per heavy atom. The number of hydrogen-bond acceptors (Lipinski definition) is 6. The minimum atomic E-state index is 0.0782. The van der Waals surface area contributed by atoms with Gasteiger partial charge in [0.2, 0.25) is 5.91 Å². The largest absolute Gasteiger partial charge is 0.369 e. The molecule has 132 valence electrons. The van der Waals surface area contributed by atoms with Gasteiger partial charge in [-0.2, -0.15) is 10.4 Å². The summed E-state index contributed by atoms with van der Waals surface area (Å²) in [7, 11) is 0. The average Bonchev–Trinajstić information content (AvgIpc) is 3.05. The summed E-state index contributed by atoms with van der Waals surface area (Å²) in [5.41, 5.74) is 0.694. The van der Waals surface area contributed by atoms with E-state index in [2.05, 4.69) is 31.8 Å². The molecule has 8 heteroatoms. The van der Waals surface area contributed by atoms with Crippen LogP contribution in [0.5, 0.6) is 0 Å². The summed E-state index contributed by atoms with van der Waals surface area (Å²) in [5.74, 6) is 0.744. The van der Waals surface area contributed by atoms with E-state index in [0.717, 1.165) is 18.2 Å². The molecule has 2 aromatic rings. The number of aryl methyl sites for hydroxylation is 1. The Balaban J connectivity index is 1.53. The van der Waals surface area contributed by atoms with Crippen LogP contribution in [0.1, 0.15) is 44.9 Å². The number of fused-ring (bicyclic) bond motifs is 1. The van der Waals surface area contributed by atoms with Gasteiger partial charge >= 0.3 is 0 Å². The molecule has 0 spiro atoms. The van der Waals surface area contributed by atoms with Crippen LogP contribution in [0.15, 0.2) is 12.5 Å². The molecule has 0 atom stereocenters. The van der Waals surface area contributed by atoms with Crippen molar-refractivity contribution in [3.8, 4) is 6.07 Å². The third-order valence-electron chi connectivity index (χ3n) is 4.48. The molecule has 0 aliphatic heterocycles. The lowest BCUT2D eigenvalue weighted by molar-refractivity contribution is -0.121. The van der Waals surface area contributed by atoms with Crippen molar-refractivity contribution >= 4 is 22.8 Å². The first-order valence-electron chi connectivity index (χ1n) is 8.84. The summed E-state index contributed by atoms with van der Waals surface area (Å²) in [6.07, 6.45) is 9.82. The molecule has 2 heterocycles. The Hall–Kier alpha value is -2.69. The SMILES string of the molecule is N#CCCn1ncc2c(NCCC(=O)NC3CCCCC3)ncnc21. The number of carbonyl (C=O) groups excluding carboxylic acids is 1. The van der Waals surface area contributed by atoms with Crippen molar-refractivity contribution in [3.05, 3.63) is 12.5 Å². The molecule has 2 aromatic heterocycles. The number of anilines is 1. The Labute approximate surface area is 146 Å². The number of amides is 1. The minimum Gasteiger partial charge on any atom is -0.369 e. The molecule has 1 aliphatic rings. The van der Waals surface area contributed by atoms with Gasteiger partial charge in [-0.05, 0) is 12.8 Å². The third-order valence-corrected chi connectivity index (χ3v) is 4.48. The van der Waals surface area contributed by atoms with Crippen molar-refractivity contribution in [2.24, 2.45) is 0 Å². The second-order valence-corrected chi connectivity index (χ2v) is 6.31. The molecule has 1 amide bonds. The Morgan fingerprint density at radius 1 is 1.32 bits per heavy atom. The van der Waals surface area contributed by atoms with Crippen LogP contribution in [0.4, 0.5) is 5.82 Å². The van der Waals surface area contributed by atoms with Crippen LogP contribution < -0.4 is 10.6 Å². The van der Waals surface area contributed by atoms with Gasteiger partial charge in [0.15, 0.2) is 5.65 Å². The molecule has 0 bridgehead atoms. The predicted octanol–water partition coefficient (Wildman–Crippen LogP) is 1.99. The number of nitrogens with zero attached hydrogens (tertiary/aromatic N) is 5. The van der Waals surface area contributed by atoms with Crippen molar-refractivity contribution in [3.63, 3.8) is 0 Å². The molecule has 1 fully saturated rings. The van der Waals surface area contributed by atoms with Crippen LogP contribution in [0.25, 0.3) is 11.0 Å². The zero-order valence-corrected chi connectivity index (χ0v) is 14.2. The summed E-state index contributed by atoms with van der Waals surface area (Å²) >= 11 is 0. The fraction of sp³-hybridized carbons (Fsp3) is 0.588. The summed E-state index contributed by atoms with van der Waals surface area (Å²) in [4.78, 5) is 20.5. The van der Waals surface area contributed by atoms with Crippen LogP contribution in [0, 0.1) is 11.3 Å². The van der Waals surface area contributed by atoms with Gasteiger partial charge in [-0.1, -0.05) is 19.3 Å². The highest BCUT2D eigenvalue weighted by Gasteiger charge is 2.15. The van der Waals surface area contributed by atoms with Crippen LogP contribution >= 0.6 is 0 Å². The van der Waals surface area contributed by atoms with Gasteiger partial charge in [-0.15, -0.1) is 0 Å². The maximum atomic E-state index is 12.1. The van der Waals surface area contributed by atoms with E-state index < -0.39 is 0 Å². The summed E-state index contributed by atoms with van der Waals surface area (Å²) in [6, 6.07) is 2.44. The van der Waals surface area contributed by atoms with E-state index in [9.17, 15) is 4.79 Å². The fourth-order valence-electron chi connectivity index (χ4n) is 3.19. The van der Waals surface area contributed by atoms with Crippen LogP contribution in [0.3, 0.4) is 0 Å². The number of nitriles is 1. The lowest BCUT2D eigenvalue weighted by Crippen LogP contribution is -2.36. The zero-order chi connectivity index (χ0) is 17.5. The van der Waals surface area contributed by atoms with E-state index in [1.807, 2.05) is 0 Å². The lowest BCUT2D eigenvalue weighted by atomic mass is 9.95. The Bertz CT molecular complexity index is 758. The number of aromatic nitrogens is 4. The zero-order valence-electron chi connectivity index (χ0n) is 14.2. The Kier molecular flexibility index (Phi) is 5.77. The van der Waals surface area contributed by atoms with Crippen molar-refractivity contribution in [2.75, 3.05) is 11.9 Å².